The highest BCUT2D eigenvalue weighted by Gasteiger charge is 2.20. The molecule has 3 heteroatoms. The molecule has 51 heavy (non-hydrogen) atoms. The van der Waals surface area contributed by atoms with Crippen LogP contribution in [0.4, 0.5) is 5.69 Å². The molecular formula is C48H55N3. The first-order chi connectivity index (χ1) is 24.9. The molecule has 0 aliphatic heterocycles. The monoisotopic (exact) mass is 673 g/mol. The Morgan fingerprint density at radius 2 is 1.37 bits per heavy atom. The van der Waals surface area contributed by atoms with Gasteiger partial charge in [-0.2, -0.15) is 0 Å². The van der Waals surface area contributed by atoms with Crippen molar-refractivity contribution < 1.29 is 0 Å². The molecule has 0 bridgehead atoms. The van der Waals surface area contributed by atoms with Crippen LogP contribution in [0, 0.1) is 13.8 Å². The number of allylic oxidation sites excluding steroid dienone is 5. The highest BCUT2D eigenvalue weighted by atomic mass is 15.1. The van der Waals surface area contributed by atoms with Crippen molar-refractivity contribution in [3.05, 3.63) is 173 Å². The van der Waals surface area contributed by atoms with Crippen LogP contribution in [0.1, 0.15) is 100 Å². The summed E-state index contributed by atoms with van der Waals surface area (Å²) in [4.78, 5) is 10.2. The highest BCUT2D eigenvalue weighted by molar-refractivity contribution is 6.01. The smallest absolute Gasteiger partial charge is 0.145 e. The Kier molecular flexibility index (Phi) is 14.5. The molecule has 1 heterocycles. The average molecular weight is 674 g/mol. The van der Waals surface area contributed by atoms with E-state index >= 15 is 0 Å². The second kappa shape index (κ2) is 19.2. The molecule has 4 aromatic carbocycles. The summed E-state index contributed by atoms with van der Waals surface area (Å²) < 4.78 is 2.27. The number of aryl methyl sites for hydroxylation is 3. The first kappa shape index (κ1) is 38.5. The van der Waals surface area contributed by atoms with Crippen LogP contribution in [0.15, 0.2) is 139 Å². The molecule has 0 amide bonds. The van der Waals surface area contributed by atoms with Gasteiger partial charge in [-0.1, -0.05) is 143 Å². The van der Waals surface area contributed by atoms with Gasteiger partial charge in [-0.15, -0.1) is 0 Å². The summed E-state index contributed by atoms with van der Waals surface area (Å²) in [5.41, 5.74) is 14.6. The Balaban J connectivity index is 0.000000463. The van der Waals surface area contributed by atoms with Gasteiger partial charge in [-0.3, -0.25) is 9.56 Å². The van der Waals surface area contributed by atoms with Crippen LogP contribution < -0.4 is 0 Å². The summed E-state index contributed by atoms with van der Waals surface area (Å²) in [7, 11) is 0. The van der Waals surface area contributed by atoms with Gasteiger partial charge in [0.2, 0.25) is 0 Å². The number of imidazole rings is 1. The van der Waals surface area contributed by atoms with Crippen molar-refractivity contribution >= 4 is 23.0 Å². The van der Waals surface area contributed by atoms with Gasteiger partial charge in [0.15, 0.2) is 0 Å². The quantitative estimate of drug-likeness (QED) is 0.165. The Morgan fingerprint density at radius 1 is 0.706 bits per heavy atom. The summed E-state index contributed by atoms with van der Waals surface area (Å²) in [5, 5.41) is 0. The number of fused-ring (bicyclic) bond motifs is 1. The molecule has 0 saturated heterocycles. The van der Waals surface area contributed by atoms with E-state index in [1.54, 1.807) is 0 Å². The van der Waals surface area contributed by atoms with Crippen LogP contribution in [0.25, 0.3) is 28.7 Å². The molecule has 0 saturated carbocycles. The van der Waals surface area contributed by atoms with Crippen molar-refractivity contribution in [3.8, 4) is 17.1 Å². The largest absolute Gasteiger partial charge is 0.293 e. The fraction of sp³-hybridized carbons (Fsp3) is 0.250. The van der Waals surface area contributed by atoms with Gasteiger partial charge in [0.05, 0.1) is 17.1 Å². The number of benzene rings is 4. The van der Waals surface area contributed by atoms with Crippen molar-refractivity contribution in [2.45, 2.75) is 81.1 Å². The summed E-state index contributed by atoms with van der Waals surface area (Å²) in [5.74, 6) is 0.972. The zero-order chi connectivity index (χ0) is 36.8. The molecule has 2 aliphatic rings. The van der Waals surface area contributed by atoms with E-state index in [1.165, 1.54) is 35.2 Å². The number of aromatic nitrogens is 2. The number of hydrogen-bond acceptors (Lipinski definition) is 2. The maximum atomic E-state index is 5.11. The number of para-hydroxylation sites is 1. The third-order valence-electron chi connectivity index (χ3n) is 8.88. The predicted octanol–water partition coefficient (Wildman–Crippen LogP) is 13.7. The second-order valence-electron chi connectivity index (χ2n) is 12.3. The first-order valence-electron chi connectivity index (χ1n) is 18.6. The van der Waals surface area contributed by atoms with Crippen LogP contribution in [0.3, 0.4) is 0 Å². The zero-order valence-corrected chi connectivity index (χ0v) is 32.0. The lowest BCUT2D eigenvalue weighted by atomic mass is 9.91. The first-order valence-corrected chi connectivity index (χ1v) is 18.6. The van der Waals surface area contributed by atoms with Gasteiger partial charge >= 0.3 is 0 Å². The van der Waals surface area contributed by atoms with Crippen LogP contribution in [-0.4, -0.2) is 15.3 Å². The summed E-state index contributed by atoms with van der Waals surface area (Å²) in [6.45, 7) is 20.9. The maximum Gasteiger partial charge on any atom is 0.145 e. The van der Waals surface area contributed by atoms with E-state index in [0.29, 0.717) is 0 Å². The summed E-state index contributed by atoms with van der Waals surface area (Å²) in [6.07, 6.45) is 15.6. The lowest BCUT2D eigenvalue weighted by Gasteiger charge is -2.15. The molecule has 5 aromatic rings. The number of nitrogens with zero attached hydrogens (tertiary/aromatic N) is 3. The topological polar surface area (TPSA) is 30.2 Å². The maximum absolute atomic E-state index is 5.11. The van der Waals surface area contributed by atoms with E-state index < -0.39 is 0 Å². The Labute approximate surface area is 307 Å². The van der Waals surface area contributed by atoms with E-state index in [0.717, 1.165) is 69.3 Å². The normalized spacial score (nSPS) is 12.9. The molecular weight excluding hydrogens is 619 g/mol. The molecule has 0 spiro atoms. The van der Waals surface area contributed by atoms with Crippen LogP contribution in [-0.2, 0) is 6.42 Å². The van der Waals surface area contributed by atoms with Gasteiger partial charge < -0.3 is 0 Å². The fourth-order valence-corrected chi connectivity index (χ4v) is 6.31. The van der Waals surface area contributed by atoms with Gasteiger partial charge in [0.1, 0.15) is 5.82 Å². The molecule has 1 aromatic heterocycles. The van der Waals surface area contributed by atoms with E-state index in [9.17, 15) is 0 Å². The standard InChI is InChI=1S/C37H33N3.C7H10.2C2H6/c1-25-13-8-9-17-32(25)27(3)36-26(2)14-12-19-34(36)38-28(4)29-21-23-30(24-22-29)37-39-33-18-10-11-20-35(33)40(37)31-15-6-5-7-16-31;1-7-5-3-2-4-6-7;2*1-2/h5-9,11-17,19-24H,3,10,18H2,1-2,4H3;3,5-6H,2,4H2,1H3;2*1-2H3. The van der Waals surface area contributed by atoms with Gasteiger partial charge in [-0.25, -0.2) is 4.98 Å². The van der Waals surface area contributed by atoms with Crippen molar-refractivity contribution in [1.29, 1.82) is 0 Å². The Morgan fingerprint density at radius 3 is 2.02 bits per heavy atom. The predicted molar refractivity (Wildman–Crippen MR) is 224 cm³/mol. The Bertz CT molecular complexity index is 2020. The van der Waals surface area contributed by atoms with E-state index in [-0.39, 0.29) is 0 Å². The molecule has 3 nitrogen and oxygen atoms in total. The minimum Gasteiger partial charge on any atom is -0.293 e. The molecule has 2 aliphatic carbocycles. The molecule has 0 unspecified atom stereocenters. The lowest BCUT2D eigenvalue weighted by Crippen LogP contribution is -2.02. The van der Waals surface area contributed by atoms with E-state index in [2.05, 4.69) is 166 Å². The summed E-state index contributed by atoms with van der Waals surface area (Å²) >= 11 is 0. The average Bonchev–Trinajstić information content (AvgIpc) is 3.57. The number of hydrogen-bond donors (Lipinski definition) is 0. The second-order valence-corrected chi connectivity index (χ2v) is 12.3. The summed E-state index contributed by atoms with van der Waals surface area (Å²) in [6, 6.07) is 33.8. The molecule has 7 rings (SSSR count). The molecule has 0 atom stereocenters. The minimum absolute atomic E-state index is 0.939. The van der Waals surface area contributed by atoms with Gasteiger partial charge in [-0.05, 0) is 105 Å². The van der Waals surface area contributed by atoms with Crippen LogP contribution in [0.5, 0.6) is 0 Å². The molecule has 0 fully saturated rings. The van der Waals surface area contributed by atoms with Crippen molar-refractivity contribution in [2.75, 3.05) is 0 Å². The van der Waals surface area contributed by atoms with E-state index in [1.807, 2.05) is 27.7 Å². The third-order valence-corrected chi connectivity index (χ3v) is 8.88. The van der Waals surface area contributed by atoms with Crippen molar-refractivity contribution in [3.63, 3.8) is 0 Å². The highest BCUT2D eigenvalue weighted by Crippen LogP contribution is 2.35. The van der Waals surface area contributed by atoms with Crippen molar-refractivity contribution in [2.24, 2.45) is 4.99 Å². The van der Waals surface area contributed by atoms with Gasteiger partial charge in [0, 0.05) is 22.5 Å². The number of rotatable bonds is 6. The van der Waals surface area contributed by atoms with E-state index in [4.69, 9.17) is 9.98 Å². The number of aliphatic imine (C=N–C) groups is 1. The zero-order valence-electron chi connectivity index (χ0n) is 32.0. The van der Waals surface area contributed by atoms with Crippen LogP contribution >= 0.6 is 0 Å². The van der Waals surface area contributed by atoms with Crippen molar-refractivity contribution in [1.82, 2.24) is 9.55 Å². The minimum atomic E-state index is 0.939. The molecule has 0 N–H and O–H groups in total. The Hall–Kier alpha value is -5.28. The van der Waals surface area contributed by atoms with Crippen LogP contribution in [0.2, 0.25) is 0 Å². The third kappa shape index (κ3) is 9.49. The van der Waals surface area contributed by atoms with Gasteiger partial charge in [0.25, 0.3) is 0 Å². The SMILES string of the molecule is C=C(c1ccccc1C)c1c(C)cccc1N=C(C)c1ccc(-c2nc3c(n2-c2ccccc2)C=CCC3)cc1.CC.CC.CC1=CCCC=C1. The molecule has 262 valence electrons. The lowest BCUT2D eigenvalue weighted by molar-refractivity contribution is 0.936. The molecule has 0 radical (unpaired) electrons. The fourth-order valence-electron chi connectivity index (χ4n) is 6.31.